The van der Waals surface area contributed by atoms with Crippen molar-refractivity contribution in [2.75, 3.05) is 0 Å². The van der Waals surface area contributed by atoms with Gasteiger partial charge in [0.25, 0.3) is 0 Å². The highest BCUT2D eigenvalue weighted by Gasteiger charge is 2.26. The summed E-state index contributed by atoms with van der Waals surface area (Å²) in [6.07, 6.45) is 4.98. The number of carboxylic acid groups (broad SMARTS) is 1. The summed E-state index contributed by atoms with van der Waals surface area (Å²) >= 11 is 0. The molecule has 2 rings (SSSR count). The molecular formula is C12H18N2O3. The minimum Gasteiger partial charge on any atom is -0.481 e. The molecule has 0 saturated heterocycles. The van der Waals surface area contributed by atoms with Crippen molar-refractivity contribution in [2.45, 2.75) is 45.2 Å². The van der Waals surface area contributed by atoms with Crippen LogP contribution in [0.3, 0.4) is 0 Å². The van der Waals surface area contributed by atoms with Gasteiger partial charge in [-0.1, -0.05) is 6.42 Å². The Kier molecular flexibility index (Phi) is 3.78. The second-order valence-electron chi connectivity index (χ2n) is 4.63. The van der Waals surface area contributed by atoms with Crippen LogP contribution in [0.5, 0.6) is 0 Å². The molecule has 1 aromatic rings. The van der Waals surface area contributed by atoms with Crippen LogP contribution >= 0.6 is 0 Å². The Hall–Kier alpha value is -1.36. The van der Waals surface area contributed by atoms with Crippen molar-refractivity contribution in [1.82, 2.24) is 10.3 Å². The fourth-order valence-electron chi connectivity index (χ4n) is 2.34. The van der Waals surface area contributed by atoms with Gasteiger partial charge in [-0.15, -0.1) is 0 Å². The van der Waals surface area contributed by atoms with Gasteiger partial charge in [-0.25, -0.2) is 4.98 Å². The first-order valence-corrected chi connectivity index (χ1v) is 6.02. The SMILES string of the molecule is Cc1ocnc1CNC1CCCC(C(=O)O)C1. The molecule has 2 N–H and O–H groups in total. The Morgan fingerprint density at radius 3 is 3.12 bits per heavy atom. The molecule has 2 atom stereocenters. The Balaban J connectivity index is 1.83. The second kappa shape index (κ2) is 5.31. The zero-order valence-electron chi connectivity index (χ0n) is 9.98. The summed E-state index contributed by atoms with van der Waals surface area (Å²) in [4.78, 5) is 15.0. The van der Waals surface area contributed by atoms with Gasteiger partial charge in [-0.2, -0.15) is 0 Å². The predicted octanol–water partition coefficient (Wildman–Crippen LogP) is 1.72. The second-order valence-corrected chi connectivity index (χ2v) is 4.63. The van der Waals surface area contributed by atoms with E-state index in [4.69, 9.17) is 9.52 Å². The molecule has 1 aliphatic carbocycles. The van der Waals surface area contributed by atoms with Crippen LogP contribution in [0.15, 0.2) is 10.8 Å². The average Bonchev–Trinajstić information content (AvgIpc) is 2.72. The van der Waals surface area contributed by atoms with E-state index in [0.717, 1.165) is 30.7 Å². The number of aliphatic carboxylic acids is 1. The molecule has 1 saturated carbocycles. The van der Waals surface area contributed by atoms with Gasteiger partial charge in [0, 0.05) is 12.6 Å². The lowest BCUT2D eigenvalue weighted by Crippen LogP contribution is -2.36. The molecule has 0 spiro atoms. The van der Waals surface area contributed by atoms with Crippen LogP contribution in [0.4, 0.5) is 0 Å². The number of hydrogen-bond acceptors (Lipinski definition) is 4. The standard InChI is InChI=1S/C12H18N2O3/c1-8-11(14-7-17-8)6-13-10-4-2-3-9(5-10)12(15)16/h7,9-10,13H,2-6H2,1H3,(H,15,16). The molecule has 1 aromatic heterocycles. The van der Waals surface area contributed by atoms with Crippen molar-refractivity contribution in [1.29, 1.82) is 0 Å². The maximum Gasteiger partial charge on any atom is 0.306 e. The van der Waals surface area contributed by atoms with Gasteiger partial charge in [-0.05, 0) is 26.2 Å². The molecule has 0 bridgehead atoms. The maximum atomic E-state index is 10.9. The van der Waals surface area contributed by atoms with Crippen molar-refractivity contribution in [2.24, 2.45) is 5.92 Å². The first-order chi connectivity index (χ1) is 8.16. The van der Waals surface area contributed by atoms with Gasteiger partial charge in [0.2, 0.25) is 0 Å². The van der Waals surface area contributed by atoms with Gasteiger partial charge in [0.15, 0.2) is 6.39 Å². The van der Waals surface area contributed by atoms with E-state index in [-0.39, 0.29) is 12.0 Å². The van der Waals surface area contributed by atoms with Gasteiger partial charge in [0.05, 0.1) is 11.6 Å². The largest absolute Gasteiger partial charge is 0.481 e. The third-order valence-corrected chi connectivity index (χ3v) is 3.43. The third-order valence-electron chi connectivity index (χ3n) is 3.43. The summed E-state index contributed by atoms with van der Waals surface area (Å²) in [5.41, 5.74) is 0.905. The number of rotatable bonds is 4. The van der Waals surface area contributed by atoms with Gasteiger partial charge in [-0.3, -0.25) is 4.79 Å². The number of aromatic nitrogens is 1. The molecule has 2 unspecified atom stereocenters. The number of carbonyl (C=O) groups is 1. The minimum absolute atomic E-state index is 0.195. The third kappa shape index (κ3) is 3.06. The zero-order valence-corrected chi connectivity index (χ0v) is 9.98. The minimum atomic E-state index is -0.672. The molecule has 1 fully saturated rings. The quantitative estimate of drug-likeness (QED) is 0.835. The van der Waals surface area contributed by atoms with E-state index in [9.17, 15) is 4.79 Å². The van der Waals surface area contributed by atoms with E-state index < -0.39 is 5.97 Å². The van der Waals surface area contributed by atoms with Crippen molar-refractivity contribution >= 4 is 5.97 Å². The number of carboxylic acids is 1. The van der Waals surface area contributed by atoms with Crippen molar-refractivity contribution in [3.05, 3.63) is 17.8 Å². The number of nitrogens with one attached hydrogen (secondary N) is 1. The summed E-state index contributed by atoms with van der Waals surface area (Å²) < 4.78 is 5.12. The van der Waals surface area contributed by atoms with E-state index in [1.807, 2.05) is 6.92 Å². The van der Waals surface area contributed by atoms with Crippen molar-refractivity contribution in [3.8, 4) is 0 Å². The molecule has 0 aliphatic heterocycles. The maximum absolute atomic E-state index is 10.9. The molecule has 0 aromatic carbocycles. The lowest BCUT2D eigenvalue weighted by Gasteiger charge is -2.27. The monoisotopic (exact) mass is 238 g/mol. The van der Waals surface area contributed by atoms with Gasteiger partial charge in [0.1, 0.15) is 5.76 Å². The summed E-state index contributed by atoms with van der Waals surface area (Å²) in [5.74, 6) is -0.0446. The van der Waals surface area contributed by atoms with Crippen molar-refractivity contribution < 1.29 is 14.3 Å². The summed E-state index contributed by atoms with van der Waals surface area (Å²) in [6.45, 7) is 2.53. The average molecular weight is 238 g/mol. The first-order valence-electron chi connectivity index (χ1n) is 6.02. The number of aryl methyl sites for hydroxylation is 1. The number of oxazole rings is 1. The zero-order chi connectivity index (χ0) is 12.3. The van der Waals surface area contributed by atoms with Crippen LogP contribution in [0.2, 0.25) is 0 Å². The summed E-state index contributed by atoms with van der Waals surface area (Å²) in [6, 6.07) is 0.279. The Labute approximate surface area is 100 Å². The van der Waals surface area contributed by atoms with Crippen LogP contribution in [-0.4, -0.2) is 22.1 Å². The van der Waals surface area contributed by atoms with E-state index in [1.165, 1.54) is 6.39 Å². The molecular weight excluding hydrogens is 220 g/mol. The Morgan fingerprint density at radius 1 is 1.65 bits per heavy atom. The molecule has 1 aliphatic rings. The van der Waals surface area contributed by atoms with Crippen LogP contribution < -0.4 is 5.32 Å². The smallest absolute Gasteiger partial charge is 0.306 e. The van der Waals surface area contributed by atoms with E-state index in [2.05, 4.69) is 10.3 Å². The molecule has 5 nitrogen and oxygen atoms in total. The Morgan fingerprint density at radius 2 is 2.47 bits per heavy atom. The fourth-order valence-corrected chi connectivity index (χ4v) is 2.34. The molecule has 5 heteroatoms. The van der Waals surface area contributed by atoms with Gasteiger partial charge >= 0.3 is 5.97 Å². The highest BCUT2D eigenvalue weighted by molar-refractivity contribution is 5.70. The van der Waals surface area contributed by atoms with Crippen LogP contribution in [0.25, 0.3) is 0 Å². The number of nitrogens with zero attached hydrogens (tertiary/aromatic N) is 1. The predicted molar refractivity (Wildman–Crippen MR) is 61.5 cm³/mol. The lowest BCUT2D eigenvalue weighted by molar-refractivity contribution is -0.143. The van der Waals surface area contributed by atoms with Gasteiger partial charge < -0.3 is 14.8 Å². The summed E-state index contributed by atoms with van der Waals surface area (Å²) in [5, 5.41) is 12.4. The van der Waals surface area contributed by atoms with Crippen molar-refractivity contribution in [3.63, 3.8) is 0 Å². The van der Waals surface area contributed by atoms with Crippen LogP contribution in [-0.2, 0) is 11.3 Å². The molecule has 0 radical (unpaired) electrons. The van der Waals surface area contributed by atoms with E-state index in [0.29, 0.717) is 13.0 Å². The summed E-state index contributed by atoms with van der Waals surface area (Å²) in [7, 11) is 0. The highest BCUT2D eigenvalue weighted by atomic mass is 16.4. The molecule has 94 valence electrons. The van der Waals surface area contributed by atoms with Crippen LogP contribution in [0, 0.1) is 12.8 Å². The van der Waals surface area contributed by atoms with E-state index in [1.54, 1.807) is 0 Å². The lowest BCUT2D eigenvalue weighted by atomic mass is 9.86. The van der Waals surface area contributed by atoms with Crippen LogP contribution in [0.1, 0.15) is 37.1 Å². The highest BCUT2D eigenvalue weighted by Crippen LogP contribution is 2.24. The number of hydrogen-bond donors (Lipinski definition) is 2. The molecule has 17 heavy (non-hydrogen) atoms. The first kappa shape index (κ1) is 12.1. The Bertz CT molecular complexity index is 389. The molecule has 1 heterocycles. The topological polar surface area (TPSA) is 75.4 Å². The molecule has 0 amide bonds. The fraction of sp³-hybridized carbons (Fsp3) is 0.667. The normalized spacial score (nSPS) is 24.8. The van der Waals surface area contributed by atoms with E-state index >= 15 is 0 Å².